The Morgan fingerprint density at radius 1 is 0.656 bits per heavy atom. The minimum Gasteiger partial charge on any atom is -0.513 e. The number of carbonyl (C=O) groups excluding carboxylic acids is 4. The van der Waals surface area contributed by atoms with Gasteiger partial charge in [-0.25, -0.2) is 0 Å². The molecule has 5 rings (SSSR count). The van der Waals surface area contributed by atoms with Gasteiger partial charge in [0.05, 0.1) is 35.6 Å². The first-order valence-electron chi connectivity index (χ1n) is 10.5. The Morgan fingerprint density at radius 3 is 1.34 bits per heavy atom. The number of ketones is 4. The van der Waals surface area contributed by atoms with Crippen LogP contribution < -0.4 is 0 Å². The lowest BCUT2D eigenvalue weighted by Crippen LogP contribution is -2.48. The van der Waals surface area contributed by atoms with Crippen LogP contribution in [0.1, 0.15) is 54.3 Å². The molecule has 0 amide bonds. The van der Waals surface area contributed by atoms with Gasteiger partial charge in [-0.1, -0.05) is 0 Å². The van der Waals surface area contributed by atoms with E-state index in [4.69, 9.17) is 9.47 Å². The second-order valence-corrected chi connectivity index (χ2v) is 8.79. The van der Waals surface area contributed by atoms with Gasteiger partial charge in [-0.05, 0) is 24.3 Å². The predicted octanol–water partition coefficient (Wildman–Crippen LogP) is 2.63. The number of aliphatic hydroxyl groups is 2. The molecule has 0 saturated heterocycles. The van der Waals surface area contributed by atoms with Crippen LogP contribution in [0.15, 0.2) is 35.8 Å². The fourth-order valence-electron chi connectivity index (χ4n) is 5.66. The molecule has 0 bridgehead atoms. The monoisotopic (exact) mass is 438 g/mol. The van der Waals surface area contributed by atoms with Gasteiger partial charge in [0, 0.05) is 61.2 Å². The summed E-state index contributed by atoms with van der Waals surface area (Å²) in [6, 6.07) is 2.69. The van der Waals surface area contributed by atoms with E-state index in [1.165, 1.54) is 38.5 Å². The zero-order valence-electron chi connectivity index (χ0n) is 17.5. The molecule has 0 saturated carbocycles. The van der Waals surface area contributed by atoms with E-state index in [9.17, 15) is 29.4 Å². The third-order valence-electron chi connectivity index (χ3n) is 7.19. The Kier molecular flexibility index (Phi) is 4.69. The van der Waals surface area contributed by atoms with Crippen molar-refractivity contribution < 1.29 is 38.9 Å². The van der Waals surface area contributed by atoms with Crippen molar-refractivity contribution in [1.82, 2.24) is 0 Å². The van der Waals surface area contributed by atoms with Gasteiger partial charge >= 0.3 is 0 Å². The average molecular weight is 438 g/mol. The normalized spacial score (nSPS) is 33.6. The summed E-state index contributed by atoms with van der Waals surface area (Å²) in [6.07, 6.45) is 1.35. The highest BCUT2D eigenvalue weighted by Crippen LogP contribution is 2.44. The molecular weight excluding hydrogens is 416 g/mol. The molecule has 4 aliphatic carbocycles. The molecule has 0 fully saturated rings. The maximum Gasteiger partial charge on any atom is 0.170 e. The van der Waals surface area contributed by atoms with E-state index < -0.39 is 35.9 Å². The lowest BCUT2D eigenvalue weighted by atomic mass is 9.64. The van der Waals surface area contributed by atoms with E-state index in [2.05, 4.69) is 0 Å². The molecule has 0 aromatic heterocycles. The Labute approximate surface area is 183 Å². The summed E-state index contributed by atoms with van der Waals surface area (Å²) in [4.78, 5) is 53.4. The standard InChI is InChI=1S/C24H22O8/c1-31-17-5-9(25)3-15-19(17)23(29)13-8-14-12(7-11(13)21(15)27)22(28)16-4-10(26)6-18(32-2)20(16)24(14)30/h5-8,15-20,25-26H,3-4H2,1-2H3. The first-order valence-corrected chi connectivity index (χ1v) is 10.5. The van der Waals surface area contributed by atoms with Crippen LogP contribution >= 0.6 is 0 Å². The number of rotatable bonds is 2. The van der Waals surface area contributed by atoms with Crippen molar-refractivity contribution >= 4 is 23.1 Å². The number of hydrogen-bond donors (Lipinski definition) is 2. The highest BCUT2D eigenvalue weighted by molar-refractivity contribution is 6.22. The Morgan fingerprint density at radius 2 is 1.00 bits per heavy atom. The van der Waals surface area contributed by atoms with Gasteiger partial charge in [-0.2, -0.15) is 0 Å². The molecule has 6 atom stereocenters. The maximum absolute atomic E-state index is 13.4. The third kappa shape index (κ3) is 2.76. The van der Waals surface area contributed by atoms with Crippen molar-refractivity contribution in [3.63, 3.8) is 0 Å². The molecule has 166 valence electrons. The maximum atomic E-state index is 13.4. The molecular formula is C24H22O8. The van der Waals surface area contributed by atoms with Crippen LogP contribution in [0.4, 0.5) is 0 Å². The number of benzene rings is 1. The van der Waals surface area contributed by atoms with Crippen LogP contribution in [0.2, 0.25) is 0 Å². The average Bonchev–Trinajstić information content (AvgIpc) is 2.78. The predicted molar refractivity (Wildman–Crippen MR) is 110 cm³/mol. The van der Waals surface area contributed by atoms with Gasteiger partial charge < -0.3 is 19.7 Å². The number of methoxy groups -OCH3 is 2. The van der Waals surface area contributed by atoms with Gasteiger partial charge in [0.2, 0.25) is 0 Å². The second-order valence-electron chi connectivity index (χ2n) is 8.79. The van der Waals surface area contributed by atoms with Gasteiger partial charge in [-0.3, -0.25) is 19.2 Å². The van der Waals surface area contributed by atoms with Crippen LogP contribution in [0, 0.1) is 23.7 Å². The zero-order valence-corrected chi connectivity index (χ0v) is 17.5. The summed E-state index contributed by atoms with van der Waals surface area (Å²) in [5.41, 5.74) is 0.347. The van der Waals surface area contributed by atoms with Crippen molar-refractivity contribution in [2.45, 2.75) is 25.0 Å². The number of carbonyl (C=O) groups is 4. The second kappa shape index (κ2) is 7.21. The first-order chi connectivity index (χ1) is 15.3. The van der Waals surface area contributed by atoms with Crippen LogP contribution in [-0.4, -0.2) is 59.8 Å². The van der Waals surface area contributed by atoms with Crippen molar-refractivity contribution in [1.29, 1.82) is 0 Å². The SMILES string of the molecule is COC1C=C(O)CC2C(=O)c3cc4c(cc3C(=O)C12)C(=O)C1C(OC)C=C(O)CC1C4=O. The molecule has 0 aliphatic heterocycles. The zero-order chi connectivity index (χ0) is 22.9. The van der Waals surface area contributed by atoms with Gasteiger partial charge in [-0.15, -0.1) is 0 Å². The number of Topliss-reactive ketones (excluding diaryl/α,β-unsaturated/α-hetero) is 4. The molecule has 4 aliphatic rings. The summed E-state index contributed by atoms with van der Waals surface area (Å²) < 4.78 is 10.7. The highest BCUT2D eigenvalue weighted by atomic mass is 16.5. The number of hydrogen-bond acceptors (Lipinski definition) is 8. The van der Waals surface area contributed by atoms with Crippen molar-refractivity contribution in [3.05, 3.63) is 58.1 Å². The number of ether oxygens (including phenoxy) is 2. The van der Waals surface area contributed by atoms with Crippen molar-refractivity contribution in [2.75, 3.05) is 14.2 Å². The molecule has 8 nitrogen and oxygen atoms in total. The molecule has 0 spiro atoms. The Hall–Kier alpha value is -3.10. The van der Waals surface area contributed by atoms with E-state index in [0.29, 0.717) is 0 Å². The number of fused-ring (bicyclic) bond motifs is 4. The van der Waals surface area contributed by atoms with Crippen LogP contribution in [0.5, 0.6) is 0 Å². The quantitative estimate of drug-likeness (QED) is 0.721. The fourth-order valence-corrected chi connectivity index (χ4v) is 5.66. The Balaban J connectivity index is 1.65. The van der Waals surface area contributed by atoms with E-state index in [1.54, 1.807) is 0 Å². The summed E-state index contributed by atoms with van der Waals surface area (Å²) in [5.74, 6) is -4.70. The molecule has 32 heavy (non-hydrogen) atoms. The van der Waals surface area contributed by atoms with E-state index in [-0.39, 0.29) is 69.7 Å². The van der Waals surface area contributed by atoms with E-state index in [1.807, 2.05) is 0 Å². The van der Waals surface area contributed by atoms with Gasteiger partial charge in [0.25, 0.3) is 0 Å². The lowest BCUT2D eigenvalue weighted by Gasteiger charge is -2.39. The van der Waals surface area contributed by atoms with Crippen LogP contribution in [-0.2, 0) is 9.47 Å². The molecule has 0 radical (unpaired) electrons. The molecule has 1 aromatic carbocycles. The smallest absolute Gasteiger partial charge is 0.170 e. The first kappa shape index (κ1) is 20.8. The van der Waals surface area contributed by atoms with E-state index in [0.717, 1.165) is 0 Å². The van der Waals surface area contributed by atoms with Gasteiger partial charge in [0.15, 0.2) is 23.1 Å². The lowest BCUT2D eigenvalue weighted by molar-refractivity contribution is 0.0315. The summed E-state index contributed by atoms with van der Waals surface area (Å²) >= 11 is 0. The molecule has 8 heteroatoms. The minimum atomic E-state index is -0.808. The summed E-state index contributed by atoms with van der Waals surface area (Å²) in [7, 11) is 2.80. The Bertz CT molecular complexity index is 1060. The highest BCUT2D eigenvalue weighted by Gasteiger charge is 2.51. The molecule has 2 N–H and O–H groups in total. The number of allylic oxidation sites excluding steroid dienone is 2. The van der Waals surface area contributed by atoms with Crippen LogP contribution in [0.25, 0.3) is 0 Å². The van der Waals surface area contributed by atoms with E-state index >= 15 is 0 Å². The van der Waals surface area contributed by atoms with Crippen LogP contribution in [0.3, 0.4) is 0 Å². The fraction of sp³-hybridized carbons (Fsp3) is 0.417. The molecule has 0 heterocycles. The van der Waals surface area contributed by atoms with Crippen molar-refractivity contribution in [2.24, 2.45) is 23.7 Å². The van der Waals surface area contributed by atoms with Gasteiger partial charge in [0.1, 0.15) is 0 Å². The number of aliphatic hydroxyl groups excluding tert-OH is 2. The minimum absolute atomic E-state index is 0.0113. The van der Waals surface area contributed by atoms with Crippen molar-refractivity contribution in [3.8, 4) is 0 Å². The largest absolute Gasteiger partial charge is 0.513 e. The molecule has 1 aromatic rings. The topological polar surface area (TPSA) is 127 Å². The third-order valence-corrected chi connectivity index (χ3v) is 7.19. The summed E-state index contributed by atoms with van der Waals surface area (Å²) in [6.45, 7) is 0. The summed E-state index contributed by atoms with van der Waals surface area (Å²) in [5, 5.41) is 20.1. The molecule has 6 unspecified atom stereocenters.